The third-order valence-corrected chi connectivity index (χ3v) is 6.91. The molecule has 3 N–H and O–H groups in total. The molecule has 3 aromatic heterocycles. The summed E-state index contributed by atoms with van der Waals surface area (Å²) in [6.45, 7) is 0. The van der Waals surface area contributed by atoms with Gasteiger partial charge in [-0.15, -0.1) is 11.3 Å². The maximum Gasteiger partial charge on any atom is 0.231 e. The van der Waals surface area contributed by atoms with Crippen LogP contribution in [0.4, 0.5) is 11.5 Å². The lowest BCUT2D eigenvalue weighted by atomic mass is 10.2. The molecule has 8 heteroatoms. The monoisotopic (exact) mass is 440 g/mol. The number of anilines is 2. The summed E-state index contributed by atoms with van der Waals surface area (Å²) in [6, 6.07) is 15.7. The van der Waals surface area contributed by atoms with Crippen molar-refractivity contribution < 1.29 is 4.79 Å². The summed E-state index contributed by atoms with van der Waals surface area (Å²) < 4.78 is 3.26. The first-order valence-corrected chi connectivity index (χ1v) is 11.4. The Kier molecular flexibility index (Phi) is 4.39. The number of benzene rings is 2. The van der Waals surface area contributed by atoms with Gasteiger partial charge in [-0.25, -0.2) is 15.0 Å². The van der Waals surface area contributed by atoms with Crippen LogP contribution in [0.5, 0.6) is 0 Å². The van der Waals surface area contributed by atoms with Crippen LogP contribution in [-0.2, 0) is 24.1 Å². The number of nitrogen functional groups attached to an aromatic ring is 1. The number of aryl methyl sites for hydroxylation is 1. The van der Waals surface area contributed by atoms with Crippen molar-refractivity contribution in [3.8, 4) is 5.69 Å². The smallest absolute Gasteiger partial charge is 0.231 e. The van der Waals surface area contributed by atoms with Crippen LogP contribution in [-0.4, -0.2) is 25.4 Å². The van der Waals surface area contributed by atoms with Crippen molar-refractivity contribution in [3.05, 3.63) is 71.1 Å². The van der Waals surface area contributed by atoms with Gasteiger partial charge >= 0.3 is 0 Å². The van der Waals surface area contributed by atoms with Gasteiger partial charge in [0.1, 0.15) is 16.9 Å². The highest BCUT2D eigenvalue weighted by Gasteiger charge is 2.25. The molecule has 0 aliphatic heterocycles. The van der Waals surface area contributed by atoms with E-state index >= 15 is 0 Å². The number of fused-ring (bicyclic) bond motifs is 4. The van der Waals surface area contributed by atoms with Crippen molar-refractivity contribution in [1.29, 1.82) is 0 Å². The minimum absolute atomic E-state index is 0.0817. The Balaban J connectivity index is 1.26. The van der Waals surface area contributed by atoms with E-state index in [0.717, 1.165) is 56.9 Å². The van der Waals surface area contributed by atoms with Gasteiger partial charge in [0.05, 0.1) is 22.2 Å². The SMILES string of the molecule is Nc1ncnc2c3c(n(-c4ccc(NC(=O)Cc5nc6ccccc6s5)cc4)c12)CCC3. The number of aromatic nitrogens is 4. The van der Waals surface area contributed by atoms with Crippen LogP contribution in [0.15, 0.2) is 54.9 Å². The average molecular weight is 441 g/mol. The molecule has 0 bridgehead atoms. The van der Waals surface area contributed by atoms with Gasteiger partial charge in [-0.2, -0.15) is 0 Å². The summed E-state index contributed by atoms with van der Waals surface area (Å²) in [5.41, 5.74) is 13.2. The number of nitrogens with two attached hydrogens (primary N) is 1. The fraction of sp³-hybridized carbons (Fsp3) is 0.167. The number of hydrogen-bond acceptors (Lipinski definition) is 6. The third kappa shape index (κ3) is 3.11. The van der Waals surface area contributed by atoms with E-state index in [1.165, 1.54) is 17.6 Å². The zero-order valence-electron chi connectivity index (χ0n) is 17.2. The van der Waals surface area contributed by atoms with Crippen LogP contribution in [0.2, 0.25) is 0 Å². The molecular weight excluding hydrogens is 420 g/mol. The lowest BCUT2D eigenvalue weighted by molar-refractivity contribution is -0.115. The highest BCUT2D eigenvalue weighted by molar-refractivity contribution is 7.18. The number of carbonyl (C=O) groups is 1. The second-order valence-corrected chi connectivity index (χ2v) is 9.03. The van der Waals surface area contributed by atoms with Crippen LogP contribution in [0.1, 0.15) is 22.7 Å². The number of thiazole rings is 1. The molecule has 0 spiro atoms. The summed E-state index contributed by atoms with van der Waals surface area (Å²) in [5, 5.41) is 3.79. The van der Waals surface area contributed by atoms with Crippen molar-refractivity contribution in [2.45, 2.75) is 25.7 Å². The standard InChI is InChI=1S/C24H20N6OS/c25-24-23-22(26-13-27-24)16-4-3-6-18(16)30(23)15-10-8-14(9-11-15)28-20(31)12-21-29-17-5-1-2-7-19(17)32-21/h1-2,5,7-11,13H,3-4,6,12H2,(H,28,31)(H2,25,26,27). The van der Waals surface area contributed by atoms with E-state index < -0.39 is 0 Å². The first kappa shape index (κ1) is 18.9. The Labute approximate surface area is 187 Å². The third-order valence-electron chi connectivity index (χ3n) is 5.88. The Morgan fingerprint density at radius 3 is 2.78 bits per heavy atom. The zero-order valence-corrected chi connectivity index (χ0v) is 18.0. The number of hydrogen-bond donors (Lipinski definition) is 2. The molecule has 0 saturated carbocycles. The lowest BCUT2D eigenvalue weighted by Gasteiger charge is -2.12. The molecule has 158 valence electrons. The van der Waals surface area contributed by atoms with Crippen molar-refractivity contribution in [2.75, 3.05) is 11.1 Å². The molecule has 0 unspecified atom stereocenters. The molecule has 32 heavy (non-hydrogen) atoms. The highest BCUT2D eigenvalue weighted by Crippen LogP contribution is 2.36. The van der Waals surface area contributed by atoms with Crippen molar-refractivity contribution in [1.82, 2.24) is 19.5 Å². The maximum absolute atomic E-state index is 12.6. The number of para-hydroxylation sites is 1. The van der Waals surface area contributed by atoms with Gasteiger partial charge in [0.25, 0.3) is 0 Å². The molecular formula is C24H20N6OS. The zero-order chi connectivity index (χ0) is 21.7. The molecule has 1 aliphatic carbocycles. The molecule has 1 amide bonds. The normalized spacial score (nSPS) is 13.0. The average Bonchev–Trinajstić information content (AvgIpc) is 3.48. The summed E-state index contributed by atoms with van der Waals surface area (Å²) in [5.74, 6) is 0.402. The minimum atomic E-state index is -0.0817. The van der Waals surface area contributed by atoms with E-state index in [1.807, 2.05) is 48.5 Å². The molecule has 7 nitrogen and oxygen atoms in total. The van der Waals surface area contributed by atoms with Crippen molar-refractivity contribution in [2.24, 2.45) is 0 Å². The summed E-state index contributed by atoms with van der Waals surface area (Å²) in [6.07, 6.45) is 4.90. The van der Waals surface area contributed by atoms with Crippen LogP contribution >= 0.6 is 11.3 Å². The number of nitrogens with one attached hydrogen (secondary N) is 1. The van der Waals surface area contributed by atoms with E-state index in [-0.39, 0.29) is 12.3 Å². The van der Waals surface area contributed by atoms with Gasteiger partial charge < -0.3 is 15.6 Å². The highest BCUT2D eigenvalue weighted by atomic mass is 32.1. The summed E-state index contributed by atoms with van der Waals surface area (Å²) in [4.78, 5) is 25.8. The Hall–Kier alpha value is -3.78. The second-order valence-electron chi connectivity index (χ2n) is 7.92. The van der Waals surface area contributed by atoms with Crippen molar-refractivity contribution >= 4 is 50.0 Å². The topological polar surface area (TPSA) is 98.7 Å². The fourth-order valence-corrected chi connectivity index (χ4v) is 5.48. The van der Waals surface area contributed by atoms with E-state index in [1.54, 1.807) is 11.3 Å². The van der Waals surface area contributed by atoms with Crippen LogP contribution in [0.3, 0.4) is 0 Å². The predicted octanol–water partition coefficient (Wildman–Crippen LogP) is 4.28. The molecule has 3 heterocycles. The first-order valence-electron chi connectivity index (χ1n) is 10.5. The number of carbonyl (C=O) groups excluding carboxylic acids is 1. The second kappa shape index (κ2) is 7.42. The van der Waals surface area contributed by atoms with Gasteiger partial charge in [0.2, 0.25) is 5.91 Å². The van der Waals surface area contributed by atoms with Crippen LogP contribution in [0, 0.1) is 0 Å². The quantitative estimate of drug-likeness (QED) is 0.435. The van der Waals surface area contributed by atoms with Gasteiger partial charge in [-0.1, -0.05) is 12.1 Å². The molecule has 0 saturated heterocycles. The van der Waals surface area contributed by atoms with E-state index in [4.69, 9.17) is 5.73 Å². The largest absolute Gasteiger partial charge is 0.382 e. The molecule has 1 aliphatic rings. The van der Waals surface area contributed by atoms with E-state index in [0.29, 0.717) is 5.82 Å². The fourth-order valence-electron chi connectivity index (χ4n) is 4.52. The van der Waals surface area contributed by atoms with E-state index in [9.17, 15) is 4.79 Å². The van der Waals surface area contributed by atoms with Crippen molar-refractivity contribution in [3.63, 3.8) is 0 Å². The molecule has 0 atom stereocenters. The van der Waals surface area contributed by atoms with Gasteiger partial charge in [-0.3, -0.25) is 4.79 Å². The minimum Gasteiger partial charge on any atom is -0.382 e. The lowest BCUT2D eigenvalue weighted by Crippen LogP contribution is -2.14. The molecule has 2 aromatic carbocycles. The number of amides is 1. The van der Waals surface area contributed by atoms with Gasteiger partial charge in [0.15, 0.2) is 5.82 Å². The van der Waals surface area contributed by atoms with Crippen LogP contribution < -0.4 is 11.1 Å². The number of rotatable bonds is 4. The summed E-state index contributed by atoms with van der Waals surface area (Å²) in [7, 11) is 0. The molecule has 6 rings (SSSR count). The van der Waals surface area contributed by atoms with E-state index in [2.05, 4.69) is 24.8 Å². The molecule has 0 radical (unpaired) electrons. The first-order chi connectivity index (χ1) is 15.7. The Bertz CT molecular complexity index is 1450. The predicted molar refractivity (Wildman–Crippen MR) is 127 cm³/mol. The summed E-state index contributed by atoms with van der Waals surface area (Å²) >= 11 is 1.55. The van der Waals surface area contributed by atoms with Gasteiger partial charge in [0, 0.05) is 17.1 Å². The van der Waals surface area contributed by atoms with Gasteiger partial charge in [-0.05, 0) is 61.2 Å². The number of nitrogens with zero attached hydrogens (tertiary/aromatic N) is 4. The molecule has 5 aromatic rings. The van der Waals surface area contributed by atoms with Crippen LogP contribution in [0.25, 0.3) is 26.9 Å². The Morgan fingerprint density at radius 1 is 1.09 bits per heavy atom. The molecule has 0 fully saturated rings. The Morgan fingerprint density at radius 2 is 1.94 bits per heavy atom. The maximum atomic E-state index is 12.6.